The molecule has 0 spiro atoms. The number of fused-ring (bicyclic) bond motifs is 1. The number of amides is 1. The van der Waals surface area contributed by atoms with E-state index in [1.165, 1.54) is 12.8 Å². The minimum atomic E-state index is -0.337. The highest BCUT2D eigenvalue weighted by molar-refractivity contribution is 6.32. The van der Waals surface area contributed by atoms with Crippen LogP contribution in [0.5, 0.6) is 5.75 Å². The molecule has 1 aromatic carbocycles. The smallest absolute Gasteiger partial charge is 0.246 e. The highest BCUT2D eigenvalue weighted by Crippen LogP contribution is 2.38. The van der Waals surface area contributed by atoms with Crippen LogP contribution in [0.2, 0.25) is 5.02 Å². The Bertz CT molecular complexity index is 544. The first kappa shape index (κ1) is 14.6. The first-order valence-electron chi connectivity index (χ1n) is 7.36. The minimum absolute atomic E-state index is 0.0576. The number of benzene rings is 1. The van der Waals surface area contributed by atoms with E-state index < -0.39 is 0 Å². The Morgan fingerprint density at radius 1 is 1.43 bits per heavy atom. The molecule has 0 radical (unpaired) electrons. The summed E-state index contributed by atoms with van der Waals surface area (Å²) in [5, 5.41) is 6.37. The average molecular weight is 310 g/mol. The molecule has 1 fully saturated rings. The summed E-state index contributed by atoms with van der Waals surface area (Å²) in [5.41, 5.74) is 1.65. The van der Waals surface area contributed by atoms with E-state index >= 15 is 0 Å². The quantitative estimate of drug-likeness (QED) is 0.874. The maximum atomic E-state index is 11.8. The first-order valence-corrected chi connectivity index (χ1v) is 7.73. The summed E-state index contributed by atoms with van der Waals surface area (Å²) >= 11 is 6.27. The maximum absolute atomic E-state index is 11.8. The second-order valence-corrected chi connectivity index (χ2v) is 5.89. The summed E-state index contributed by atoms with van der Waals surface area (Å²) in [7, 11) is 1.76. The molecule has 1 amide bonds. The van der Waals surface area contributed by atoms with Gasteiger partial charge in [0.2, 0.25) is 5.91 Å². The van der Waals surface area contributed by atoms with Gasteiger partial charge in [-0.25, -0.2) is 0 Å². The van der Waals surface area contributed by atoms with E-state index in [9.17, 15) is 4.79 Å². The van der Waals surface area contributed by atoms with Crippen LogP contribution in [0, 0.1) is 0 Å². The van der Waals surface area contributed by atoms with Crippen LogP contribution in [0.1, 0.15) is 24.4 Å². The zero-order valence-electron chi connectivity index (χ0n) is 12.1. The van der Waals surface area contributed by atoms with Gasteiger partial charge in [-0.2, -0.15) is 0 Å². The average Bonchev–Trinajstić information content (AvgIpc) is 3.06. The number of anilines is 1. The molecule has 5 nitrogen and oxygen atoms in total. The summed E-state index contributed by atoms with van der Waals surface area (Å²) in [6.45, 7) is 3.84. The topological polar surface area (TPSA) is 53.6 Å². The highest BCUT2D eigenvalue weighted by Gasteiger charge is 2.30. The molecule has 6 heteroatoms. The number of hydrogen-bond donors (Lipinski definition) is 2. The van der Waals surface area contributed by atoms with Crippen LogP contribution >= 0.6 is 11.6 Å². The zero-order chi connectivity index (χ0) is 14.8. The first-order chi connectivity index (χ1) is 10.2. The minimum Gasteiger partial charge on any atom is -0.491 e. The number of carbonyl (C=O) groups is 1. The van der Waals surface area contributed by atoms with Gasteiger partial charge >= 0.3 is 0 Å². The van der Waals surface area contributed by atoms with Gasteiger partial charge in [-0.15, -0.1) is 0 Å². The van der Waals surface area contributed by atoms with E-state index in [1.54, 1.807) is 13.1 Å². The maximum Gasteiger partial charge on any atom is 0.246 e. The fraction of sp³-hybridized carbons (Fsp3) is 0.533. The molecule has 2 aliphatic heterocycles. The molecule has 1 saturated heterocycles. The lowest BCUT2D eigenvalue weighted by atomic mass is 10.1. The SMILES string of the molecule is CNC1C(=O)Nc2cc(OCCN3CCCC3)c(Cl)cc21. The van der Waals surface area contributed by atoms with Crippen molar-refractivity contribution in [3.63, 3.8) is 0 Å². The number of halogens is 1. The van der Waals surface area contributed by atoms with E-state index in [-0.39, 0.29) is 11.9 Å². The van der Waals surface area contributed by atoms with Crippen LogP contribution in [0.4, 0.5) is 5.69 Å². The predicted octanol–water partition coefficient (Wildman–Crippen LogP) is 2.03. The second-order valence-electron chi connectivity index (χ2n) is 5.48. The van der Waals surface area contributed by atoms with Gasteiger partial charge in [0.25, 0.3) is 0 Å². The predicted molar refractivity (Wildman–Crippen MR) is 83.1 cm³/mol. The molecule has 114 valence electrons. The molecule has 0 saturated carbocycles. The van der Waals surface area contributed by atoms with Crippen molar-refractivity contribution in [1.82, 2.24) is 10.2 Å². The Hall–Kier alpha value is -1.30. The molecule has 2 aliphatic rings. The number of carbonyl (C=O) groups excluding carboxylic acids is 1. The lowest BCUT2D eigenvalue weighted by molar-refractivity contribution is -0.117. The van der Waals surface area contributed by atoms with Gasteiger partial charge < -0.3 is 15.4 Å². The van der Waals surface area contributed by atoms with Gasteiger partial charge in [0.15, 0.2) is 0 Å². The third-order valence-electron chi connectivity index (χ3n) is 4.09. The van der Waals surface area contributed by atoms with E-state index in [0.717, 1.165) is 30.9 Å². The summed E-state index contributed by atoms with van der Waals surface area (Å²) in [5.74, 6) is 0.574. The normalized spacial score (nSPS) is 21.4. The number of likely N-dealkylation sites (tertiary alicyclic amines) is 1. The van der Waals surface area contributed by atoms with Crippen LogP contribution in [0.15, 0.2) is 12.1 Å². The van der Waals surface area contributed by atoms with E-state index in [0.29, 0.717) is 17.4 Å². The molecule has 0 aromatic heterocycles. The Morgan fingerprint density at radius 2 is 2.19 bits per heavy atom. The fourth-order valence-electron chi connectivity index (χ4n) is 2.95. The molecule has 1 aromatic rings. The molecule has 2 N–H and O–H groups in total. The Kier molecular flexibility index (Phi) is 4.33. The van der Waals surface area contributed by atoms with Crippen molar-refractivity contribution in [2.45, 2.75) is 18.9 Å². The third-order valence-corrected chi connectivity index (χ3v) is 4.38. The molecule has 0 bridgehead atoms. The number of rotatable bonds is 5. The lowest BCUT2D eigenvalue weighted by Gasteiger charge is -2.16. The van der Waals surface area contributed by atoms with Gasteiger partial charge in [0, 0.05) is 23.9 Å². The van der Waals surface area contributed by atoms with Crippen LogP contribution in [-0.4, -0.2) is 44.1 Å². The molecule has 0 aliphatic carbocycles. The number of ether oxygens (including phenoxy) is 1. The van der Waals surface area contributed by atoms with Crippen LogP contribution < -0.4 is 15.4 Å². The largest absolute Gasteiger partial charge is 0.491 e. The number of nitrogens with one attached hydrogen (secondary N) is 2. The monoisotopic (exact) mass is 309 g/mol. The zero-order valence-corrected chi connectivity index (χ0v) is 12.9. The summed E-state index contributed by atoms with van der Waals surface area (Å²) < 4.78 is 5.78. The Labute approximate surface area is 129 Å². The molecule has 1 unspecified atom stereocenters. The van der Waals surface area contributed by atoms with Crippen molar-refractivity contribution in [3.05, 3.63) is 22.7 Å². The standard InChI is InChI=1S/C15H20ClN3O2/c1-17-14-10-8-11(16)13(9-12(10)18-15(14)20)21-7-6-19-4-2-3-5-19/h8-9,14,17H,2-7H2,1H3,(H,18,20). The molecule has 3 rings (SSSR count). The molecule has 1 atom stereocenters. The van der Waals surface area contributed by atoms with Gasteiger partial charge in [0.05, 0.1) is 5.02 Å². The summed E-state index contributed by atoms with van der Waals surface area (Å²) in [6, 6.07) is 3.29. The van der Waals surface area contributed by atoms with Crippen LogP contribution in [-0.2, 0) is 4.79 Å². The van der Waals surface area contributed by atoms with Crippen molar-refractivity contribution in [2.24, 2.45) is 0 Å². The highest BCUT2D eigenvalue weighted by atomic mass is 35.5. The lowest BCUT2D eigenvalue weighted by Crippen LogP contribution is -2.25. The Morgan fingerprint density at radius 3 is 2.90 bits per heavy atom. The Balaban J connectivity index is 1.66. The van der Waals surface area contributed by atoms with Crippen LogP contribution in [0.25, 0.3) is 0 Å². The molecular weight excluding hydrogens is 290 g/mol. The number of hydrogen-bond acceptors (Lipinski definition) is 4. The van der Waals surface area contributed by atoms with Gasteiger partial charge in [-0.3, -0.25) is 9.69 Å². The second kappa shape index (κ2) is 6.22. The molecule has 21 heavy (non-hydrogen) atoms. The van der Waals surface area contributed by atoms with Crippen molar-refractivity contribution in [2.75, 3.05) is 38.6 Å². The van der Waals surface area contributed by atoms with E-state index in [1.807, 2.05) is 6.07 Å². The summed E-state index contributed by atoms with van der Waals surface area (Å²) in [4.78, 5) is 14.2. The molecule has 2 heterocycles. The van der Waals surface area contributed by atoms with Gasteiger partial charge in [-0.05, 0) is 39.0 Å². The molecular formula is C15H20ClN3O2. The van der Waals surface area contributed by atoms with Crippen molar-refractivity contribution < 1.29 is 9.53 Å². The van der Waals surface area contributed by atoms with E-state index in [4.69, 9.17) is 16.3 Å². The van der Waals surface area contributed by atoms with Crippen molar-refractivity contribution in [3.8, 4) is 5.75 Å². The van der Waals surface area contributed by atoms with Gasteiger partial charge in [-0.1, -0.05) is 11.6 Å². The van der Waals surface area contributed by atoms with Crippen LogP contribution in [0.3, 0.4) is 0 Å². The summed E-state index contributed by atoms with van der Waals surface area (Å²) in [6.07, 6.45) is 2.55. The third kappa shape index (κ3) is 3.00. The van der Waals surface area contributed by atoms with E-state index in [2.05, 4.69) is 15.5 Å². The number of likely N-dealkylation sites (N-methyl/N-ethyl adjacent to an activating group) is 1. The fourth-order valence-corrected chi connectivity index (χ4v) is 3.18. The van der Waals surface area contributed by atoms with Crippen molar-refractivity contribution in [1.29, 1.82) is 0 Å². The van der Waals surface area contributed by atoms with Gasteiger partial charge in [0.1, 0.15) is 18.4 Å². The van der Waals surface area contributed by atoms with Crippen molar-refractivity contribution >= 4 is 23.2 Å². The number of nitrogens with zero attached hydrogens (tertiary/aromatic N) is 1.